The first-order valence-corrected chi connectivity index (χ1v) is 11.4. The number of pyridine rings is 1. The lowest BCUT2D eigenvalue weighted by Gasteiger charge is -2.14. The molecule has 0 N–H and O–H groups in total. The Morgan fingerprint density at radius 3 is 2.73 bits per heavy atom. The van der Waals surface area contributed by atoms with Gasteiger partial charge in [-0.3, -0.25) is 19.8 Å². The lowest BCUT2D eigenvalue weighted by atomic mass is 10.1. The quantitative estimate of drug-likeness (QED) is 0.162. The van der Waals surface area contributed by atoms with Gasteiger partial charge in [-0.05, 0) is 48.0 Å². The van der Waals surface area contributed by atoms with Crippen molar-refractivity contribution in [1.29, 1.82) is 0 Å². The summed E-state index contributed by atoms with van der Waals surface area (Å²) in [6.07, 6.45) is 3.10. The van der Waals surface area contributed by atoms with Crippen molar-refractivity contribution in [2.45, 2.75) is 0 Å². The number of ether oxygens (including phenoxy) is 2. The van der Waals surface area contributed by atoms with Gasteiger partial charge in [0.2, 0.25) is 0 Å². The predicted octanol–water partition coefficient (Wildman–Crippen LogP) is 5.96. The highest BCUT2D eigenvalue weighted by Crippen LogP contribution is 2.39. The first kappa shape index (κ1) is 22.9. The molecule has 0 saturated carbocycles. The fourth-order valence-corrected chi connectivity index (χ4v) is 4.71. The van der Waals surface area contributed by atoms with Crippen LogP contribution in [0.15, 0.2) is 70.2 Å². The van der Waals surface area contributed by atoms with E-state index in [0.29, 0.717) is 26.2 Å². The van der Waals surface area contributed by atoms with Crippen LogP contribution in [-0.4, -0.2) is 27.2 Å². The van der Waals surface area contributed by atoms with Crippen molar-refractivity contribution in [2.75, 3.05) is 12.0 Å². The number of nitro groups is 1. The number of carbonyl (C=O) groups is 1. The number of halogens is 1. The third kappa shape index (κ3) is 4.90. The van der Waals surface area contributed by atoms with Crippen molar-refractivity contribution in [3.05, 3.63) is 85.8 Å². The van der Waals surface area contributed by atoms with Crippen molar-refractivity contribution < 1.29 is 19.2 Å². The standard InChI is InChI=1S/C22H14BrN3O5S2/c1-30-18-10-13(7-8-17(18)31-20-16(26(28)29)6-3-9-24-20)11-19-21(27)25(22(32)33-19)15-5-2-4-14(23)12-15/h2-12H,1H3/b19-11-. The van der Waals surface area contributed by atoms with Crippen LogP contribution in [0, 0.1) is 10.1 Å². The number of thiocarbonyl (C=S) groups is 1. The van der Waals surface area contributed by atoms with Crippen molar-refractivity contribution >= 4 is 67.6 Å². The molecule has 0 atom stereocenters. The predicted molar refractivity (Wildman–Crippen MR) is 134 cm³/mol. The van der Waals surface area contributed by atoms with E-state index in [1.807, 2.05) is 24.3 Å². The van der Waals surface area contributed by atoms with Crippen LogP contribution in [0.25, 0.3) is 6.08 Å². The van der Waals surface area contributed by atoms with Crippen molar-refractivity contribution in [2.24, 2.45) is 0 Å². The highest BCUT2D eigenvalue weighted by atomic mass is 79.9. The molecule has 2 heterocycles. The number of hydrogen-bond donors (Lipinski definition) is 0. The Bertz CT molecular complexity index is 1310. The van der Waals surface area contributed by atoms with E-state index in [1.54, 1.807) is 24.3 Å². The summed E-state index contributed by atoms with van der Waals surface area (Å²) >= 11 is 10.0. The molecule has 3 aromatic rings. The summed E-state index contributed by atoms with van der Waals surface area (Å²) < 4.78 is 12.3. The molecule has 8 nitrogen and oxygen atoms in total. The molecule has 4 rings (SSSR count). The molecule has 2 aromatic carbocycles. The van der Waals surface area contributed by atoms with Crippen LogP contribution >= 0.6 is 39.9 Å². The SMILES string of the molecule is COc1cc(/C=C2\SC(=S)N(c3cccc(Br)c3)C2=O)ccc1Oc1ncccc1[N+](=O)[O-]. The zero-order valence-electron chi connectivity index (χ0n) is 16.9. The Labute approximate surface area is 206 Å². The minimum Gasteiger partial charge on any atom is -0.493 e. The number of rotatable bonds is 6. The van der Waals surface area contributed by atoms with Gasteiger partial charge in [-0.2, -0.15) is 0 Å². The summed E-state index contributed by atoms with van der Waals surface area (Å²) in [5, 5.41) is 11.2. The van der Waals surface area contributed by atoms with Crippen LogP contribution < -0.4 is 14.4 Å². The van der Waals surface area contributed by atoms with Crippen LogP contribution in [0.3, 0.4) is 0 Å². The lowest BCUT2D eigenvalue weighted by Crippen LogP contribution is -2.27. The summed E-state index contributed by atoms with van der Waals surface area (Å²) in [4.78, 5) is 29.5. The molecule has 1 saturated heterocycles. The highest BCUT2D eigenvalue weighted by Gasteiger charge is 2.33. The minimum atomic E-state index is -0.573. The zero-order chi connectivity index (χ0) is 23.5. The van der Waals surface area contributed by atoms with E-state index in [9.17, 15) is 14.9 Å². The van der Waals surface area contributed by atoms with E-state index >= 15 is 0 Å². The highest BCUT2D eigenvalue weighted by molar-refractivity contribution is 9.10. The van der Waals surface area contributed by atoms with Crippen LogP contribution in [0.4, 0.5) is 11.4 Å². The number of amides is 1. The Morgan fingerprint density at radius 2 is 2.00 bits per heavy atom. The monoisotopic (exact) mass is 543 g/mol. The first-order chi connectivity index (χ1) is 15.9. The Balaban J connectivity index is 1.61. The second kappa shape index (κ2) is 9.69. The van der Waals surface area contributed by atoms with Gasteiger partial charge in [-0.1, -0.05) is 52.0 Å². The summed E-state index contributed by atoms with van der Waals surface area (Å²) in [7, 11) is 1.45. The van der Waals surface area contributed by atoms with Gasteiger partial charge >= 0.3 is 5.69 Å². The van der Waals surface area contributed by atoms with E-state index < -0.39 is 4.92 Å². The van der Waals surface area contributed by atoms with Gasteiger partial charge in [-0.25, -0.2) is 4.98 Å². The van der Waals surface area contributed by atoms with Crippen LogP contribution in [-0.2, 0) is 4.79 Å². The first-order valence-electron chi connectivity index (χ1n) is 9.36. The molecule has 1 amide bonds. The zero-order valence-corrected chi connectivity index (χ0v) is 20.1. The van der Waals surface area contributed by atoms with Gasteiger partial charge in [0.25, 0.3) is 11.8 Å². The van der Waals surface area contributed by atoms with Gasteiger partial charge in [-0.15, -0.1) is 0 Å². The topological polar surface area (TPSA) is 94.8 Å². The lowest BCUT2D eigenvalue weighted by molar-refractivity contribution is -0.386. The van der Waals surface area contributed by atoms with Crippen LogP contribution in [0.2, 0.25) is 0 Å². The summed E-state index contributed by atoms with van der Waals surface area (Å²) in [6, 6.07) is 15.0. The van der Waals surface area contributed by atoms with E-state index in [4.69, 9.17) is 21.7 Å². The Morgan fingerprint density at radius 1 is 1.18 bits per heavy atom. The number of hydrogen-bond acceptors (Lipinski definition) is 8. The molecule has 1 aliphatic rings. The maximum atomic E-state index is 13.0. The molecule has 0 bridgehead atoms. The van der Waals surface area contributed by atoms with Gasteiger partial charge in [0.05, 0.1) is 22.6 Å². The van der Waals surface area contributed by atoms with Crippen LogP contribution in [0.5, 0.6) is 17.4 Å². The molecule has 0 spiro atoms. The molecule has 1 aromatic heterocycles. The summed E-state index contributed by atoms with van der Waals surface area (Å²) in [5.74, 6) is 0.194. The molecule has 1 fully saturated rings. The van der Waals surface area contributed by atoms with Gasteiger partial charge in [0.15, 0.2) is 15.8 Å². The molecule has 0 radical (unpaired) electrons. The third-order valence-electron chi connectivity index (χ3n) is 4.50. The van der Waals surface area contributed by atoms with E-state index in [1.165, 1.54) is 42.1 Å². The summed E-state index contributed by atoms with van der Waals surface area (Å²) in [6.45, 7) is 0. The van der Waals surface area contributed by atoms with Gasteiger partial charge in [0.1, 0.15) is 0 Å². The molecule has 166 valence electrons. The normalized spacial score (nSPS) is 14.6. The van der Waals surface area contributed by atoms with E-state index in [-0.39, 0.29) is 23.2 Å². The van der Waals surface area contributed by atoms with E-state index in [2.05, 4.69) is 20.9 Å². The fourth-order valence-electron chi connectivity index (χ4n) is 3.02. The van der Waals surface area contributed by atoms with Gasteiger partial charge in [0, 0.05) is 16.7 Å². The minimum absolute atomic E-state index is 0.150. The maximum Gasteiger partial charge on any atom is 0.331 e. The number of thioether (sulfide) groups is 1. The fraction of sp³-hybridized carbons (Fsp3) is 0.0455. The molecular weight excluding hydrogens is 530 g/mol. The van der Waals surface area contributed by atoms with Crippen molar-refractivity contribution in [3.63, 3.8) is 0 Å². The van der Waals surface area contributed by atoms with Crippen molar-refractivity contribution in [1.82, 2.24) is 4.98 Å². The number of nitrogens with zero attached hydrogens (tertiary/aromatic N) is 3. The molecule has 11 heteroatoms. The largest absolute Gasteiger partial charge is 0.493 e. The molecule has 0 unspecified atom stereocenters. The second-order valence-corrected chi connectivity index (χ2v) is 9.19. The molecule has 33 heavy (non-hydrogen) atoms. The van der Waals surface area contributed by atoms with Crippen LogP contribution in [0.1, 0.15) is 5.56 Å². The maximum absolute atomic E-state index is 13.0. The molecule has 0 aliphatic carbocycles. The third-order valence-corrected chi connectivity index (χ3v) is 6.30. The molecule has 1 aliphatic heterocycles. The Hall–Kier alpha value is -3.28. The molecular formula is C22H14BrN3O5S2. The Kier molecular flexibility index (Phi) is 6.72. The average Bonchev–Trinajstić information content (AvgIpc) is 3.07. The number of carbonyl (C=O) groups excluding carboxylic acids is 1. The smallest absolute Gasteiger partial charge is 0.331 e. The summed E-state index contributed by atoms with van der Waals surface area (Å²) in [5.41, 5.74) is 1.08. The number of aromatic nitrogens is 1. The van der Waals surface area contributed by atoms with Crippen molar-refractivity contribution in [3.8, 4) is 17.4 Å². The average molecular weight is 544 g/mol. The van der Waals surface area contributed by atoms with E-state index in [0.717, 1.165) is 4.47 Å². The number of benzene rings is 2. The number of methoxy groups -OCH3 is 1. The second-order valence-electron chi connectivity index (χ2n) is 6.59. The number of anilines is 1. The van der Waals surface area contributed by atoms with Gasteiger partial charge < -0.3 is 9.47 Å².